The van der Waals surface area contributed by atoms with Crippen LogP contribution in [-0.2, 0) is 6.54 Å². The molecule has 0 bridgehead atoms. The van der Waals surface area contributed by atoms with Crippen LogP contribution in [0.15, 0.2) is 18.3 Å². The summed E-state index contributed by atoms with van der Waals surface area (Å²) < 4.78 is 7.60. The fourth-order valence-electron chi connectivity index (χ4n) is 2.42. The summed E-state index contributed by atoms with van der Waals surface area (Å²) in [5.41, 5.74) is 9.92. The fraction of sp³-hybridized carbons (Fsp3) is 0.400. The van der Waals surface area contributed by atoms with Crippen molar-refractivity contribution < 1.29 is 4.74 Å². The molecule has 19 heavy (non-hydrogen) atoms. The number of aromatic nitrogens is 2. The Morgan fingerprint density at radius 1 is 1.26 bits per heavy atom. The van der Waals surface area contributed by atoms with Gasteiger partial charge < -0.3 is 15.0 Å². The van der Waals surface area contributed by atoms with E-state index in [4.69, 9.17) is 10.5 Å². The molecule has 0 radical (unpaired) electrons. The SMILES string of the molecule is COc1c(C)cc(C)cc1-c1cn(CCN)c(C)n1. The van der Waals surface area contributed by atoms with Crippen LogP contribution in [0.25, 0.3) is 11.3 Å². The average molecular weight is 259 g/mol. The molecule has 2 rings (SSSR count). The smallest absolute Gasteiger partial charge is 0.131 e. The van der Waals surface area contributed by atoms with Crippen molar-refractivity contribution in [2.75, 3.05) is 13.7 Å². The molecule has 0 aliphatic heterocycles. The van der Waals surface area contributed by atoms with E-state index in [9.17, 15) is 0 Å². The Morgan fingerprint density at radius 2 is 2.00 bits per heavy atom. The minimum Gasteiger partial charge on any atom is -0.496 e. The van der Waals surface area contributed by atoms with Gasteiger partial charge in [-0.1, -0.05) is 6.07 Å². The summed E-state index contributed by atoms with van der Waals surface area (Å²) in [4.78, 5) is 4.62. The van der Waals surface area contributed by atoms with Gasteiger partial charge in [-0.3, -0.25) is 0 Å². The third-order valence-corrected chi connectivity index (χ3v) is 3.25. The molecule has 0 fully saturated rings. The first-order chi connectivity index (χ1) is 9.06. The average Bonchev–Trinajstić information content (AvgIpc) is 2.70. The van der Waals surface area contributed by atoms with Crippen molar-refractivity contribution in [2.24, 2.45) is 5.73 Å². The van der Waals surface area contributed by atoms with Crippen molar-refractivity contribution in [3.8, 4) is 17.0 Å². The molecular weight excluding hydrogens is 238 g/mol. The van der Waals surface area contributed by atoms with E-state index in [2.05, 4.69) is 35.5 Å². The number of nitrogens with two attached hydrogens (primary N) is 1. The van der Waals surface area contributed by atoms with Crippen molar-refractivity contribution in [1.82, 2.24) is 9.55 Å². The molecule has 0 spiro atoms. The lowest BCUT2D eigenvalue weighted by Crippen LogP contribution is -2.10. The first-order valence-corrected chi connectivity index (χ1v) is 6.46. The number of aryl methyl sites for hydroxylation is 3. The van der Waals surface area contributed by atoms with Gasteiger partial charge in [-0.2, -0.15) is 0 Å². The second-order valence-electron chi connectivity index (χ2n) is 4.82. The molecule has 0 saturated carbocycles. The molecule has 4 heteroatoms. The summed E-state index contributed by atoms with van der Waals surface area (Å²) in [5.74, 6) is 1.87. The van der Waals surface area contributed by atoms with Crippen molar-refractivity contribution in [1.29, 1.82) is 0 Å². The summed E-state index contributed by atoms with van der Waals surface area (Å²) in [5, 5.41) is 0. The lowest BCUT2D eigenvalue weighted by atomic mass is 10.0. The number of ether oxygens (including phenoxy) is 1. The molecule has 1 aromatic heterocycles. The minimum atomic E-state index is 0.612. The first-order valence-electron chi connectivity index (χ1n) is 6.46. The zero-order chi connectivity index (χ0) is 14.0. The highest BCUT2D eigenvalue weighted by molar-refractivity contribution is 5.70. The van der Waals surface area contributed by atoms with Gasteiger partial charge >= 0.3 is 0 Å². The Balaban J connectivity index is 2.55. The lowest BCUT2D eigenvalue weighted by molar-refractivity contribution is 0.413. The Morgan fingerprint density at radius 3 is 2.63 bits per heavy atom. The van der Waals surface area contributed by atoms with Gasteiger partial charge in [0.2, 0.25) is 0 Å². The molecule has 0 unspecified atom stereocenters. The van der Waals surface area contributed by atoms with Gasteiger partial charge in [0, 0.05) is 24.8 Å². The molecule has 0 aliphatic carbocycles. The Hall–Kier alpha value is -1.81. The number of imidazole rings is 1. The minimum absolute atomic E-state index is 0.612. The van der Waals surface area contributed by atoms with Gasteiger partial charge in [-0.05, 0) is 38.0 Å². The Bertz CT molecular complexity index is 587. The molecule has 0 atom stereocenters. The van der Waals surface area contributed by atoms with E-state index in [-0.39, 0.29) is 0 Å². The molecule has 0 amide bonds. The topological polar surface area (TPSA) is 53.1 Å². The van der Waals surface area contributed by atoms with E-state index in [0.29, 0.717) is 6.54 Å². The standard InChI is InChI=1S/C15H21N3O/c1-10-7-11(2)15(19-4)13(8-10)14-9-18(6-5-16)12(3)17-14/h7-9H,5-6,16H2,1-4H3. The van der Waals surface area contributed by atoms with Crippen LogP contribution in [0.3, 0.4) is 0 Å². The number of rotatable bonds is 4. The van der Waals surface area contributed by atoms with Crippen LogP contribution in [0.4, 0.5) is 0 Å². The molecule has 2 aromatic rings. The van der Waals surface area contributed by atoms with Crippen molar-refractivity contribution >= 4 is 0 Å². The van der Waals surface area contributed by atoms with Crippen LogP contribution in [0.5, 0.6) is 5.75 Å². The number of nitrogens with zero attached hydrogens (tertiary/aromatic N) is 2. The van der Waals surface area contributed by atoms with Gasteiger partial charge in [0.15, 0.2) is 0 Å². The molecule has 1 aromatic carbocycles. The van der Waals surface area contributed by atoms with E-state index < -0.39 is 0 Å². The van der Waals surface area contributed by atoms with E-state index in [1.165, 1.54) is 5.56 Å². The fourth-order valence-corrected chi connectivity index (χ4v) is 2.42. The van der Waals surface area contributed by atoms with Gasteiger partial charge in [0.25, 0.3) is 0 Å². The van der Waals surface area contributed by atoms with E-state index in [0.717, 1.165) is 34.9 Å². The predicted molar refractivity (Wildman–Crippen MR) is 77.5 cm³/mol. The summed E-state index contributed by atoms with van der Waals surface area (Å²) in [7, 11) is 1.70. The molecule has 0 saturated heterocycles. The molecule has 2 N–H and O–H groups in total. The zero-order valence-corrected chi connectivity index (χ0v) is 12.0. The van der Waals surface area contributed by atoms with Gasteiger partial charge in [-0.15, -0.1) is 0 Å². The predicted octanol–water partition coefficient (Wildman–Crippen LogP) is 2.44. The summed E-state index contributed by atoms with van der Waals surface area (Å²) >= 11 is 0. The largest absolute Gasteiger partial charge is 0.496 e. The number of methoxy groups -OCH3 is 1. The Kier molecular flexibility index (Phi) is 3.90. The maximum Gasteiger partial charge on any atom is 0.131 e. The highest BCUT2D eigenvalue weighted by Gasteiger charge is 2.13. The molecule has 0 aliphatic rings. The van der Waals surface area contributed by atoms with E-state index in [1.807, 2.05) is 13.1 Å². The number of hydrogen-bond donors (Lipinski definition) is 1. The van der Waals surface area contributed by atoms with Crippen LogP contribution in [0.2, 0.25) is 0 Å². The van der Waals surface area contributed by atoms with Crippen molar-refractivity contribution in [3.05, 3.63) is 35.3 Å². The summed E-state index contributed by atoms with van der Waals surface area (Å²) in [6.07, 6.45) is 2.04. The van der Waals surface area contributed by atoms with Crippen molar-refractivity contribution in [3.63, 3.8) is 0 Å². The normalized spacial score (nSPS) is 10.8. The Labute approximate surface area is 114 Å². The van der Waals surface area contributed by atoms with Gasteiger partial charge in [0.1, 0.15) is 11.6 Å². The van der Waals surface area contributed by atoms with Gasteiger partial charge in [0.05, 0.1) is 12.8 Å². The third-order valence-electron chi connectivity index (χ3n) is 3.25. The summed E-state index contributed by atoms with van der Waals surface area (Å²) in [6.45, 7) is 7.53. The van der Waals surface area contributed by atoms with E-state index in [1.54, 1.807) is 7.11 Å². The van der Waals surface area contributed by atoms with Crippen LogP contribution in [-0.4, -0.2) is 23.2 Å². The lowest BCUT2D eigenvalue weighted by Gasteiger charge is -2.11. The highest BCUT2D eigenvalue weighted by Crippen LogP contribution is 2.33. The monoisotopic (exact) mass is 259 g/mol. The third kappa shape index (κ3) is 2.63. The summed E-state index contributed by atoms with van der Waals surface area (Å²) in [6, 6.07) is 4.23. The first kappa shape index (κ1) is 13.6. The quantitative estimate of drug-likeness (QED) is 0.917. The maximum absolute atomic E-state index is 5.61. The van der Waals surface area contributed by atoms with Crippen LogP contribution in [0.1, 0.15) is 17.0 Å². The molecule has 4 nitrogen and oxygen atoms in total. The molecular formula is C15H21N3O. The second-order valence-corrected chi connectivity index (χ2v) is 4.82. The highest BCUT2D eigenvalue weighted by atomic mass is 16.5. The second kappa shape index (κ2) is 5.45. The number of benzene rings is 1. The van der Waals surface area contributed by atoms with Crippen LogP contribution in [0, 0.1) is 20.8 Å². The maximum atomic E-state index is 5.61. The van der Waals surface area contributed by atoms with Gasteiger partial charge in [-0.25, -0.2) is 4.98 Å². The zero-order valence-electron chi connectivity index (χ0n) is 12.0. The number of hydrogen-bond acceptors (Lipinski definition) is 3. The van der Waals surface area contributed by atoms with E-state index >= 15 is 0 Å². The van der Waals surface area contributed by atoms with Crippen LogP contribution >= 0.6 is 0 Å². The van der Waals surface area contributed by atoms with Crippen LogP contribution < -0.4 is 10.5 Å². The molecule has 1 heterocycles. The van der Waals surface area contributed by atoms with Crippen molar-refractivity contribution in [2.45, 2.75) is 27.3 Å². The molecule has 102 valence electrons.